The summed E-state index contributed by atoms with van der Waals surface area (Å²) >= 11 is 0. The average Bonchev–Trinajstić information content (AvgIpc) is 3.29. The Morgan fingerprint density at radius 3 is 2.49 bits per heavy atom. The molecule has 3 heterocycles. The second-order valence-corrected chi connectivity index (χ2v) is 8.72. The molecule has 3 N–H and O–H groups in total. The molecular formula is C23H24F5N5O2. The van der Waals surface area contributed by atoms with E-state index in [4.69, 9.17) is 5.73 Å². The molecule has 0 saturated carbocycles. The van der Waals surface area contributed by atoms with Gasteiger partial charge in [0.1, 0.15) is 11.5 Å². The number of primary amides is 1. The van der Waals surface area contributed by atoms with Crippen molar-refractivity contribution in [1.82, 2.24) is 14.8 Å². The lowest BCUT2D eigenvalue weighted by Crippen LogP contribution is -2.50. The maximum Gasteiger partial charge on any atom is 0.417 e. The molecule has 1 aromatic heterocycles. The summed E-state index contributed by atoms with van der Waals surface area (Å²) in [7, 11) is 1.90. The number of amides is 1. The molecule has 1 fully saturated rings. The van der Waals surface area contributed by atoms with Crippen LogP contribution in [0.25, 0.3) is 11.3 Å². The number of nitrogens with two attached hydrogens (primary N) is 1. The van der Waals surface area contributed by atoms with Crippen LogP contribution in [-0.4, -0.2) is 61.2 Å². The van der Waals surface area contributed by atoms with E-state index in [1.54, 1.807) is 11.0 Å². The molecule has 4 rings (SSSR count). The van der Waals surface area contributed by atoms with E-state index in [9.17, 15) is 22.8 Å². The number of nitrogens with one attached hydrogen (secondary N) is 1. The molecule has 2 aliphatic rings. The third-order valence-electron chi connectivity index (χ3n) is 6.47. The highest BCUT2D eigenvalue weighted by Crippen LogP contribution is 2.37. The van der Waals surface area contributed by atoms with Crippen molar-refractivity contribution in [3.8, 4) is 5.69 Å². The van der Waals surface area contributed by atoms with Crippen molar-refractivity contribution < 1.29 is 26.7 Å². The molecule has 7 nitrogen and oxygen atoms in total. The number of halogens is 5. The lowest BCUT2D eigenvalue weighted by atomic mass is 10.0. The van der Waals surface area contributed by atoms with Crippen LogP contribution in [0.5, 0.6) is 0 Å². The average molecular weight is 497 g/mol. The maximum absolute atomic E-state index is 16.1. The van der Waals surface area contributed by atoms with Gasteiger partial charge in [0.2, 0.25) is 0 Å². The smallest absolute Gasteiger partial charge is 0.367 e. The minimum atomic E-state index is -5.04. The van der Waals surface area contributed by atoms with E-state index < -0.39 is 46.1 Å². The lowest BCUT2D eigenvalue weighted by molar-refractivity contribution is -0.138. The van der Waals surface area contributed by atoms with Gasteiger partial charge in [-0.3, -0.25) is 14.2 Å². The number of pyridine rings is 1. The number of alkyl halides is 3. The second-order valence-electron chi connectivity index (χ2n) is 8.72. The number of likely N-dealkylation sites (N-methyl/N-ethyl adjacent to an activating group) is 1. The third-order valence-corrected chi connectivity index (χ3v) is 6.47. The summed E-state index contributed by atoms with van der Waals surface area (Å²) in [5.41, 5.74) is 0.901. The Kier molecular flexibility index (Phi) is 6.45. The van der Waals surface area contributed by atoms with Crippen LogP contribution in [0.3, 0.4) is 0 Å². The zero-order valence-electron chi connectivity index (χ0n) is 19.0. The Morgan fingerprint density at radius 1 is 1.20 bits per heavy atom. The first kappa shape index (κ1) is 24.9. The fraction of sp³-hybridized carbons (Fsp3) is 0.391. The van der Waals surface area contributed by atoms with Crippen LogP contribution >= 0.6 is 0 Å². The first-order valence-electron chi connectivity index (χ1n) is 10.9. The summed E-state index contributed by atoms with van der Waals surface area (Å²) in [6.45, 7) is 3.73. The van der Waals surface area contributed by atoms with Crippen molar-refractivity contribution in [1.29, 1.82) is 0 Å². The Balaban J connectivity index is 2.02. The Bertz CT molecular complexity index is 1270. The molecule has 1 amide bonds. The highest BCUT2D eigenvalue weighted by Gasteiger charge is 2.37. The maximum atomic E-state index is 16.1. The number of piperazine rings is 1. The summed E-state index contributed by atoms with van der Waals surface area (Å²) in [5, 5.41) is 2.94. The normalized spacial score (nSPS) is 19.2. The van der Waals surface area contributed by atoms with Crippen molar-refractivity contribution in [3.05, 3.63) is 63.1 Å². The monoisotopic (exact) mass is 497 g/mol. The highest BCUT2D eigenvalue weighted by atomic mass is 19.4. The number of hydrogen-bond acceptors (Lipinski definition) is 5. The van der Waals surface area contributed by atoms with Crippen LogP contribution in [0.4, 0.5) is 27.6 Å². The van der Waals surface area contributed by atoms with Gasteiger partial charge in [0.25, 0.3) is 11.5 Å². The molecule has 188 valence electrons. The first-order chi connectivity index (χ1) is 16.4. The number of benzene rings is 1. The van der Waals surface area contributed by atoms with E-state index in [-0.39, 0.29) is 29.9 Å². The van der Waals surface area contributed by atoms with Gasteiger partial charge in [-0.25, -0.2) is 8.78 Å². The van der Waals surface area contributed by atoms with E-state index in [2.05, 4.69) is 5.32 Å². The van der Waals surface area contributed by atoms with Gasteiger partial charge >= 0.3 is 6.18 Å². The van der Waals surface area contributed by atoms with Gasteiger partial charge in [-0.15, -0.1) is 0 Å². The Labute approximate surface area is 197 Å². The SMILES string of the molecule is CC1CN(c2cc(F)c(C3=CCNC3)c(F)c2-n2cc(C(N)=O)c(C(F)(F)F)cc2=O)CCN1C. The lowest BCUT2D eigenvalue weighted by Gasteiger charge is -2.40. The second kappa shape index (κ2) is 9.08. The zero-order valence-corrected chi connectivity index (χ0v) is 19.0. The van der Waals surface area contributed by atoms with Crippen LogP contribution in [0.1, 0.15) is 28.4 Å². The van der Waals surface area contributed by atoms with Crippen molar-refractivity contribution in [3.63, 3.8) is 0 Å². The standard InChI is InChI=1S/C23H24F5N5O2/c1-12-10-32(6-5-31(12)2)17-8-16(24)19(13-3-4-30-9-13)20(25)21(17)33-11-14(22(29)35)15(7-18(33)34)23(26,27)28/h3,7-8,11-12,30H,4-6,9-10H2,1-2H3,(H2,29,35). The van der Waals surface area contributed by atoms with E-state index in [0.29, 0.717) is 42.5 Å². The van der Waals surface area contributed by atoms with Crippen LogP contribution in [0.15, 0.2) is 29.2 Å². The molecule has 12 heteroatoms. The van der Waals surface area contributed by atoms with Gasteiger partial charge < -0.3 is 20.9 Å². The number of hydrogen-bond donors (Lipinski definition) is 2. The number of carbonyl (C=O) groups excluding carboxylic acids is 1. The minimum Gasteiger partial charge on any atom is -0.367 e. The van der Waals surface area contributed by atoms with Crippen molar-refractivity contribution in [2.45, 2.75) is 19.1 Å². The van der Waals surface area contributed by atoms with Gasteiger partial charge in [0, 0.05) is 57.1 Å². The summed E-state index contributed by atoms with van der Waals surface area (Å²) in [6.07, 6.45) is -2.86. The van der Waals surface area contributed by atoms with Crippen LogP contribution in [0, 0.1) is 11.6 Å². The molecule has 0 radical (unpaired) electrons. The molecule has 2 aliphatic heterocycles. The summed E-state index contributed by atoms with van der Waals surface area (Å²) in [6, 6.07) is 1.28. The predicted octanol–water partition coefficient (Wildman–Crippen LogP) is 2.36. The molecule has 2 aromatic rings. The predicted molar refractivity (Wildman–Crippen MR) is 121 cm³/mol. The molecular weight excluding hydrogens is 473 g/mol. The first-order valence-corrected chi connectivity index (χ1v) is 10.9. The van der Waals surface area contributed by atoms with Gasteiger partial charge in [0.05, 0.1) is 22.4 Å². The third kappa shape index (κ3) is 4.55. The van der Waals surface area contributed by atoms with Crippen molar-refractivity contribution in [2.24, 2.45) is 5.73 Å². The summed E-state index contributed by atoms with van der Waals surface area (Å²) < 4.78 is 72.3. The van der Waals surface area contributed by atoms with Crippen molar-refractivity contribution in [2.75, 3.05) is 44.7 Å². The van der Waals surface area contributed by atoms with E-state index in [0.717, 1.165) is 6.07 Å². The largest absolute Gasteiger partial charge is 0.417 e. The quantitative estimate of drug-likeness (QED) is 0.634. The number of nitrogens with zero attached hydrogens (tertiary/aromatic N) is 3. The van der Waals surface area contributed by atoms with Gasteiger partial charge in [0.15, 0.2) is 5.82 Å². The summed E-state index contributed by atoms with van der Waals surface area (Å²) in [4.78, 5) is 28.5. The van der Waals surface area contributed by atoms with Gasteiger partial charge in [-0.2, -0.15) is 13.2 Å². The number of rotatable bonds is 4. The molecule has 1 unspecified atom stereocenters. The van der Waals surface area contributed by atoms with E-state index >= 15 is 8.78 Å². The highest BCUT2D eigenvalue weighted by molar-refractivity contribution is 5.94. The fourth-order valence-electron chi connectivity index (χ4n) is 4.43. The zero-order chi connectivity index (χ0) is 25.7. The number of carbonyl (C=O) groups is 1. The molecule has 1 atom stereocenters. The van der Waals surface area contributed by atoms with Crippen LogP contribution < -0.4 is 21.5 Å². The van der Waals surface area contributed by atoms with E-state index in [1.807, 2.05) is 18.9 Å². The minimum absolute atomic E-state index is 0.00496. The molecule has 1 aromatic carbocycles. The summed E-state index contributed by atoms with van der Waals surface area (Å²) in [5.74, 6) is -3.41. The Morgan fingerprint density at radius 2 is 1.91 bits per heavy atom. The molecule has 0 spiro atoms. The van der Waals surface area contributed by atoms with E-state index in [1.165, 1.54) is 0 Å². The molecule has 1 saturated heterocycles. The topological polar surface area (TPSA) is 83.6 Å². The number of anilines is 1. The molecule has 0 aliphatic carbocycles. The fourth-order valence-corrected chi connectivity index (χ4v) is 4.43. The van der Waals surface area contributed by atoms with Gasteiger partial charge in [-0.1, -0.05) is 6.08 Å². The Hall–Kier alpha value is -3.25. The molecule has 35 heavy (non-hydrogen) atoms. The molecule has 0 bridgehead atoms. The van der Waals surface area contributed by atoms with Crippen LogP contribution in [-0.2, 0) is 6.18 Å². The number of aromatic nitrogens is 1. The van der Waals surface area contributed by atoms with Crippen LogP contribution in [0.2, 0.25) is 0 Å². The van der Waals surface area contributed by atoms with Gasteiger partial charge in [-0.05, 0) is 19.5 Å². The van der Waals surface area contributed by atoms with Crippen molar-refractivity contribution >= 4 is 17.2 Å².